The molecule has 0 unspecified atom stereocenters. The fraction of sp³-hybridized carbons (Fsp3) is 0.381. The van der Waals surface area contributed by atoms with Crippen molar-refractivity contribution in [1.82, 2.24) is 15.2 Å². The van der Waals surface area contributed by atoms with Crippen molar-refractivity contribution in [3.8, 4) is 5.75 Å². The first-order valence-corrected chi connectivity index (χ1v) is 11.0. The number of rotatable bonds is 10. The van der Waals surface area contributed by atoms with Gasteiger partial charge < -0.3 is 15.0 Å². The van der Waals surface area contributed by atoms with Crippen molar-refractivity contribution < 1.29 is 14.3 Å². The van der Waals surface area contributed by atoms with Crippen LogP contribution in [-0.4, -0.2) is 48.4 Å². The largest absolute Gasteiger partial charge is 0.491 e. The minimum atomic E-state index is -0.191. The highest BCUT2D eigenvalue weighted by Gasteiger charge is 2.11. The summed E-state index contributed by atoms with van der Waals surface area (Å²) < 4.78 is 7.57. The van der Waals surface area contributed by atoms with E-state index in [0.29, 0.717) is 38.2 Å². The van der Waals surface area contributed by atoms with Gasteiger partial charge in [-0.25, -0.2) is 0 Å². The van der Waals surface area contributed by atoms with Crippen LogP contribution in [0.15, 0.2) is 45.5 Å². The van der Waals surface area contributed by atoms with Crippen LogP contribution in [0.2, 0.25) is 0 Å². The summed E-state index contributed by atoms with van der Waals surface area (Å²) >= 11 is 7.11. The van der Waals surface area contributed by atoms with Crippen LogP contribution < -0.4 is 10.1 Å². The van der Waals surface area contributed by atoms with Gasteiger partial charge in [0.1, 0.15) is 11.4 Å². The van der Waals surface area contributed by atoms with Gasteiger partial charge >= 0.3 is 0 Å². The van der Waals surface area contributed by atoms with Gasteiger partial charge in [0.2, 0.25) is 5.91 Å². The number of pyridine rings is 1. The topological polar surface area (TPSA) is 71.5 Å². The van der Waals surface area contributed by atoms with E-state index in [1.165, 1.54) is 0 Å². The summed E-state index contributed by atoms with van der Waals surface area (Å²) in [6.45, 7) is 3.50. The Morgan fingerprint density at radius 3 is 2.55 bits per heavy atom. The summed E-state index contributed by atoms with van der Waals surface area (Å²) in [7, 11) is 1.82. The molecule has 0 aliphatic carbocycles. The van der Waals surface area contributed by atoms with Crippen LogP contribution in [0.5, 0.6) is 5.75 Å². The van der Waals surface area contributed by atoms with E-state index in [2.05, 4.69) is 42.2 Å². The first-order chi connectivity index (χ1) is 13.9. The fourth-order valence-corrected chi connectivity index (χ4v) is 4.13. The molecule has 0 saturated heterocycles. The number of benzene rings is 1. The van der Waals surface area contributed by atoms with Crippen LogP contribution in [0.3, 0.4) is 0 Å². The van der Waals surface area contributed by atoms with Crippen molar-refractivity contribution in [2.75, 3.05) is 26.7 Å². The molecule has 8 heteroatoms. The molecular formula is C21H25Br2N3O3. The zero-order valence-electron chi connectivity index (χ0n) is 16.6. The highest BCUT2D eigenvalue weighted by atomic mass is 79.9. The number of nitrogens with one attached hydrogen (secondary N) is 1. The molecule has 2 rings (SSSR count). The lowest BCUT2D eigenvalue weighted by Crippen LogP contribution is -2.27. The molecule has 0 atom stereocenters. The number of ether oxygens (including phenoxy) is 1. The molecule has 29 heavy (non-hydrogen) atoms. The minimum Gasteiger partial charge on any atom is -0.491 e. The highest BCUT2D eigenvalue weighted by Crippen LogP contribution is 2.35. The Hall–Kier alpha value is -1.93. The molecule has 1 aromatic carbocycles. The standard InChI is InChI=1S/C21H25Br2N3O3/c1-3-19(27)26(2)11-8-15-13-16(22)20(17(23)14-15)29-12-6-10-25-21(28)18-7-4-5-9-24-18/h4-5,7,9,13-14H,3,6,8,10-12H2,1-2H3,(H,25,28). The Morgan fingerprint density at radius 1 is 1.21 bits per heavy atom. The third-order valence-corrected chi connectivity index (χ3v) is 5.45. The quantitative estimate of drug-likeness (QED) is 0.470. The average Bonchev–Trinajstić information content (AvgIpc) is 2.73. The predicted octanol–water partition coefficient (Wildman–Crippen LogP) is 4.22. The van der Waals surface area contributed by atoms with Gasteiger partial charge in [-0.2, -0.15) is 0 Å². The van der Waals surface area contributed by atoms with Crippen LogP contribution in [0.25, 0.3) is 0 Å². The Labute approximate surface area is 188 Å². The zero-order chi connectivity index (χ0) is 21.2. The fourth-order valence-electron chi connectivity index (χ4n) is 2.62. The number of likely N-dealkylation sites (N-methyl/N-ethyl adjacent to an activating group) is 1. The molecule has 0 radical (unpaired) electrons. The number of hydrogen-bond acceptors (Lipinski definition) is 4. The lowest BCUT2D eigenvalue weighted by molar-refractivity contribution is -0.129. The van der Waals surface area contributed by atoms with Crippen molar-refractivity contribution in [2.24, 2.45) is 0 Å². The summed E-state index contributed by atoms with van der Waals surface area (Å²) in [6, 6.07) is 9.25. The van der Waals surface area contributed by atoms with E-state index in [4.69, 9.17) is 4.74 Å². The maximum Gasteiger partial charge on any atom is 0.269 e. The number of amides is 2. The summed E-state index contributed by atoms with van der Waals surface area (Å²) in [5.41, 5.74) is 1.51. The second-order valence-electron chi connectivity index (χ2n) is 6.48. The predicted molar refractivity (Wildman–Crippen MR) is 120 cm³/mol. The first-order valence-electron chi connectivity index (χ1n) is 9.46. The van der Waals surface area contributed by atoms with Crippen molar-refractivity contribution in [3.05, 3.63) is 56.7 Å². The number of nitrogens with zero attached hydrogens (tertiary/aromatic N) is 2. The van der Waals surface area contributed by atoms with E-state index in [-0.39, 0.29) is 11.8 Å². The highest BCUT2D eigenvalue weighted by molar-refractivity contribution is 9.11. The molecule has 0 bridgehead atoms. The summed E-state index contributed by atoms with van der Waals surface area (Å²) in [6.07, 6.45) is 3.54. The molecule has 0 aliphatic heterocycles. The SMILES string of the molecule is CCC(=O)N(C)CCc1cc(Br)c(OCCCNC(=O)c2ccccn2)c(Br)c1. The van der Waals surface area contributed by atoms with Crippen molar-refractivity contribution >= 4 is 43.7 Å². The number of carbonyl (C=O) groups excluding carboxylic acids is 2. The van der Waals surface area contributed by atoms with Gasteiger partial charge in [0.05, 0.1) is 15.6 Å². The lowest BCUT2D eigenvalue weighted by Gasteiger charge is -2.17. The second kappa shape index (κ2) is 11.9. The van der Waals surface area contributed by atoms with Crippen molar-refractivity contribution in [1.29, 1.82) is 0 Å². The molecule has 6 nitrogen and oxygen atoms in total. The molecule has 1 aromatic heterocycles. The maximum absolute atomic E-state index is 11.9. The number of hydrogen-bond donors (Lipinski definition) is 1. The maximum atomic E-state index is 11.9. The van der Waals surface area contributed by atoms with Gasteiger partial charge in [0.15, 0.2) is 0 Å². The van der Waals surface area contributed by atoms with Crippen LogP contribution in [-0.2, 0) is 11.2 Å². The first kappa shape index (κ1) is 23.3. The molecule has 156 valence electrons. The monoisotopic (exact) mass is 525 g/mol. The van der Waals surface area contributed by atoms with E-state index < -0.39 is 0 Å². The van der Waals surface area contributed by atoms with Crippen molar-refractivity contribution in [2.45, 2.75) is 26.2 Å². The summed E-state index contributed by atoms with van der Waals surface area (Å²) in [5, 5.41) is 2.83. The van der Waals surface area contributed by atoms with Gasteiger partial charge in [-0.15, -0.1) is 0 Å². The Morgan fingerprint density at radius 2 is 1.93 bits per heavy atom. The zero-order valence-corrected chi connectivity index (χ0v) is 19.8. The third kappa shape index (κ3) is 7.44. The molecule has 2 amide bonds. The van der Waals surface area contributed by atoms with E-state index in [9.17, 15) is 9.59 Å². The Bertz CT molecular complexity index is 808. The van der Waals surface area contributed by atoms with Gasteiger partial charge in [-0.05, 0) is 74.5 Å². The van der Waals surface area contributed by atoms with Crippen LogP contribution in [0.4, 0.5) is 0 Å². The van der Waals surface area contributed by atoms with Gasteiger partial charge in [0.25, 0.3) is 5.91 Å². The molecule has 0 aliphatic rings. The van der Waals surface area contributed by atoms with E-state index in [1.54, 1.807) is 29.3 Å². The number of carbonyl (C=O) groups is 2. The molecule has 1 N–H and O–H groups in total. The molecule has 2 aromatic rings. The van der Waals surface area contributed by atoms with Crippen molar-refractivity contribution in [3.63, 3.8) is 0 Å². The minimum absolute atomic E-state index is 0.137. The average molecular weight is 527 g/mol. The molecule has 0 saturated carbocycles. The van der Waals surface area contributed by atoms with Crippen LogP contribution >= 0.6 is 31.9 Å². The Kier molecular flexibility index (Phi) is 9.60. The smallest absolute Gasteiger partial charge is 0.269 e. The van der Waals surface area contributed by atoms with E-state index >= 15 is 0 Å². The van der Waals surface area contributed by atoms with Crippen LogP contribution in [0, 0.1) is 0 Å². The van der Waals surface area contributed by atoms with Gasteiger partial charge in [-0.1, -0.05) is 13.0 Å². The normalized spacial score (nSPS) is 10.5. The number of aromatic nitrogens is 1. The Balaban J connectivity index is 1.79. The second-order valence-corrected chi connectivity index (χ2v) is 8.19. The van der Waals surface area contributed by atoms with E-state index in [1.807, 2.05) is 26.1 Å². The molecular weight excluding hydrogens is 502 g/mol. The summed E-state index contributed by atoms with van der Waals surface area (Å²) in [5.74, 6) is 0.671. The molecule has 0 spiro atoms. The van der Waals surface area contributed by atoms with Gasteiger partial charge in [0, 0.05) is 32.8 Å². The molecule has 1 heterocycles. The summed E-state index contributed by atoms with van der Waals surface area (Å²) in [4.78, 5) is 29.4. The molecule has 0 fully saturated rings. The lowest BCUT2D eigenvalue weighted by atomic mass is 10.1. The third-order valence-electron chi connectivity index (χ3n) is 4.27. The number of halogens is 2. The van der Waals surface area contributed by atoms with Gasteiger partial charge in [-0.3, -0.25) is 14.6 Å². The van der Waals surface area contributed by atoms with Crippen LogP contribution in [0.1, 0.15) is 35.8 Å². The van der Waals surface area contributed by atoms with E-state index in [0.717, 1.165) is 26.7 Å².